The summed E-state index contributed by atoms with van der Waals surface area (Å²) in [6, 6.07) is 1.59. The van der Waals surface area contributed by atoms with Gasteiger partial charge in [0.25, 0.3) is 5.91 Å². The van der Waals surface area contributed by atoms with Gasteiger partial charge in [0, 0.05) is 26.0 Å². The van der Waals surface area contributed by atoms with Crippen molar-refractivity contribution in [2.45, 2.75) is 13.3 Å². The van der Waals surface area contributed by atoms with Gasteiger partial charge in [-0.05, 0) is 12.5 Å². The summed E-state index contributed by atoms with van der Waals surface area (Å²) in [6.07, 6.45) is 3.89. The molecule has 0 aliphatic carbocycles. The van der Waals surface area contributed by atoms with Crippen LogP contribution in [0.3, 0.4) is 0 Å². The molecule has 112 valence electrons. The smallest absolute Gasteiger partial charge is 0.255 e. The number of nitrogens with zero attached hydrogens (tertiary/aromatic N) is 2. The van der Waals surface area contributed by atoms with Crippen LogP contribution in [0.2, 0.25) is 0 Å². The van der Waals surface area contributed by atoms with Crippen molar-refractivity contribution < 1.29 is 9.59 Å². The predicted molar refractivity (Wildman–Crippen MR) is 80.4 cm³/mol. The van der Waals surface area contributed by atoms with Gasteiger partial charge in [0.1, 0.15) is 0 Å². The topological polar surface area (TPSA) is 88.3 Å². The van der Waals surface area contributed by atoms with Crippen molar-refractivity contribution in [2.24, 2.45) is 5.73 Å². The molecule has 0 aliphatic rings. The molecule has 0 saturated heterocycles. The maximum Gasteiger partial charge on any atom is 0.255 e. The predicted octanol–water partition coefficient (Wildman–Crippen LogP) is -0.01000. The normalized spacial score (nSPS) is 9.48. The SMILES string of the molecule is CCCNC(=O)CN(C)C(=O)c1ccncc1C#CCN. The highest BCUT2D eigenvalue weighted by atomic mass is 16.2. The summed E-state index contributed by atoms with van der Waals surface area (Å²) in [7, 11) is 1.58. The van der Waals surface area contributed by atoms with Crippen LogP contribution < -0.4 is 11.1 Å². The van der Waals surface area contributed by atoms with Gasteiger partial charge < -0.3 is 16.0 Å². The van der Waals surface area contributed by atoms with Crippen molar-refractivity contribution >= 4 is 11.8 Å². The van der Waals surface area contributed by atoms with Crippen molar-refractivity contribution in [1.82, 2.24) is 15.2 Å². The van der Waals surface area contributed by atoms with Gasteiger partial charge in [-0.1, -0.05) is 18.8 Å². The van der Waals surface area contributed by atoms with Gasteiger partial charge in [-0.25, -0.2) is 0 Å². The molecule has 1 rings (SSSR count). The van der Waals surface area contributed by atoms with Crippen LogP contribution in [-0.4, -0.2) is 48.4 Å². The van der Waals surface area contributed by atoms with Crippen LogP contribution in [0.5, 0.6) is 0 Å². The molecule has 3 N–H and O–H groups in total. The first kappa shape index (κ1) is 16.7. The summed E-state index contributed by atoms with van der Waals surface area (Å²) >= 11 is 0. The molecule has 0 bridgehead atoms. The summed E-state index contributed by atoms with van der Waals surface area (Å²) in [5, 5.41) is 2.73. The Morgan fingerprint density at radius 1 is 1.48 bits per heavy atom. The van der Waals surface area contributed by atoms with E-state index in [4.69, 9.17) is 5.73 Å². The first-order valence-corrected chi connectivity index (χ1v) is 6.75. The number of likely N-dealkylation sites (N-methyl/N-ethyl adjacent to an activating group) is 1. The van der Waals surface area contributed by atoms with E-state index >= 15 is 0 Å². The largest absolute Gasteiger partial charge is 0.355 e. The van der Waals surface area contributed by atoms with Crippen LogP contribution >= 0.6 is 0 Å². The lowest BCUT2D eigenvalue weighted by molar-refractivity contribution is -0.121. The zero-order chi connectivity index (χ0) is 15.7. The molecule has 0 aromatic carbocycles. The van der Waals surface area contributed by atoms with Gasteiger partial charge in [-0.2, -0.15) is 0 Å². The van der Waals surface area contributed by atoms with Gasteiger partial charge in [-0.3, -0.25) is 14.6 Å². The number of carbonyl (C=O) groups is 2. The van der Waals surface area contributed by atoms with E-state index in [1.165, 1.54) is 17.3 Å². The Balaban J connectivity index is 2.81. The lowest BCUT2D eigenvalue weighted by atomic mass is 10.1. The molecule has 0 saturated carbocycles. The Hall–Kier alpha value is -2.39. The fourth-order valence-corrected chi connectivity index (χ4v) is 1.64. The zero-order valence-corrected chi connectivity index (χ0v) is 12.3. The number of hydrogen-bond acceptors (Lipinski definition) is 4. The minimum Gasteiger partial charge on any atom is -0.355 e. The highest BCUT2D eigenvalue weighted by Gasteiger charge is 2.17. The maximum absolute atomic E-state index is 12.4. The third-order valence-corrected chi connectivity index (χ3v) is 2.68. The third-order valence-electron chi connectivity index (χ3n) is 2.68. The Morgan fingerprint density at radius 3 is 2.90 bits per heavy atom. The summed E-state index contributed by atoms with van der Waals surface area (Å²) in [5.41, 5.74) is 6.25. The van der Waals surface area contributed by atoms with E-state index in [2.05, 4.69) is 22.1 Å². The van der Waals surface area contributed by atoms with Crippen LogP contribution in [0, 0.1) is 11.8 Å². The third kappa shape index (κ3) is 5.24. The number of rotatable bonds is 5. The summed E-state index contributed by atoms with van der Waals surface area (Å²) in [4.78, 5) is 29.3. The molecule has 0 unspecified atom stereocenters. The number of nitrogens with one attached hydrogen (secondary N) is 1. The molecule has 6 nitrogen and oxygen atoms in total. The number of amides is 2. The average molecular weight is 288 g/mol. The van der Waals surface area contributed by atoms with Crippen LogP contribution in [-0.2, 0) is 4.79 Å². The molecule has 1 heterocycles. The van der Waals surface area contributed by atoms with E-state index in [9.17, 15) is 9.59 Å². The molecule has 6 heteroatoms. The van der Waals surface area contributed by atoms with Crippen molar-refractivity contribution in [2.75, 3.05) is 26.7 Å². The van der Waals surface area contributed by atoms with E-state index < -0.39 is 0 Å². The van der Waals surface area contributed by atoms with E-state index in [0.717, 1.165) is 6.42 Å². The van der Waals surface area contributed by atoms with Crippen molar-refractivity contribution in [3.8, 4) is 11.8 Å². The minimum atomic E-state index is -0.273. The second kappa shape index (κ2) is 8.72. The summed E-state index contributed by atoms with van der Waals surface area (Å²) in [6.45, 7) is 2.78. The van der Waals surface area contributed by atoms with Crippen molar-refractivity contribution in [3.63, 3.8) is 0 Å². The second-order valence-electron chi connectivity index (χ2n) is 4.44. The molecular formula is C15H20N4O2. The van der Waals surface area contributed by atoms with E-state index in [-0.39, 0.29) is 24.9 Å². The van der Waals surface area contributed by atoms with Gasteiger partial charge in [0.05, 0.1) is 24.2 Å². The number of nitrogens with two attached hydrogens (primary N) is 1. The van der Waals surface area contributed by atoms with Gasteiger partial charge in [0.15, 0.2) is 0 Å². The van der Waals surface area contributed by atoms with Crippen LogP contribution in [0.25, 0.3) is 0 Å². The molecule has 1 aromatic heterocycles. The first-order valence-electron chi connectivity index (χ1n) is 6.75. The van der Waals surface area contributed by atoms with E-state index in [1.807, 2.05) is 6.92 Å². The minimum absolute atomic E-state index is 0.00487. The highest BCUT2D eigenvalue weighted by Crippen LogP contribution is 2.08. The summed E-state index contributed by atoms with van der Waals surface area (Å²) < 4.78 is 0. The number of carbonyl (C=O) groups excluding carboxylic acids is 2. The van der Waals surface area contributed by atoms with E-state index in [0.29, 0.717) is 17.7 Å². The average Bonchev–Trinajstić information content (AvgIpc) is 2.50. The van der Waals surface area contributed by atoms with Crippen molar-refractivity contribution in [3.05, 3.63) is 29.6 Å². The van der Waals surface area contributed by atoms with Crippen molar-refractivity contribution in [1.29, 1.82) is 0 Å². The maximum atomic E-state index is 12.4. The molecule has 0 aliphatic heterocycles. The molecule has 21 heavy (non-hydrogen) atoms. The molecule has 0 atom stereocenters. The van der Waals surface area contributed by atoms with Gasteiger partial charge in [-0.15, -0.1) is 0 Å². The Bertz CT molecular complexity index is 560. The lowest BCUT2D eigenvalue weighted by Gasteiger charge is -2.17. The number of aromatic nitrogens is 1. The fourth-order valence-electron chi connectivity index (χ4n) is 1.64. The number of pyridine rings is 1. The molecule has 0 fully saturated rings. The Morgan fingerprint density at radius 2 is 2.24 bits per heavy atom. The second-order valence-corrected chi connectivity index (χ2v) is 4.44. The molecule has 1 aromatic rings. The quantitative estimate of drug-likeness (QED) is 0.746. The van der Waals surface area contributed by atoms with E-state index in [1.54, 1.807) is 13.1 Å². The fraction of sp³-hybridized carbons (Fsp3) is 0.400. The Kier molecular flexibility index (Phi) is 6.92. The molecular weight excluding hydrogens is 268 g/mol. The highest BCUT2D eigenvalue weighted by molar-refractivity contribution is 5.98. The first-order chi connectivity index (χ1) is 10.1. The molecule has 0 radical (unpaired) electrons. The number of hydrogen-bond donors (Lipinski definition) is 2. The Labute approximate surface area is 124 Å². The van der Waals surface area contributed by atoms with Crippen LogP contribution in [0.4, 0.5) is 0 Å². The molecule has 2 amide bonds. The van der Waals surface area contributed by atoms with Gasteiger partial charge >= 0.3 is 0 Å². The van der Waals surface area contributed by atoms with Gasteiger partial charge in [0.2, 0.25) is 5.91 Å². The van der Waals surface area contributed by atoms with Crippen LogP contribution in [0.1, 0.15) is 29.3 Å². The molecule has 0 spiro atoms. The lowest BCUT2D eigenvalue weighted by Crippen LogP contribution is -2.38. The van der Waals surface area contributed by atoms with Crippen LogP contribution in [0.15, 0.2) is 18.5 Å². The standard InChI is InChI=1S/C15H20N4O2/c1-3-8-18-14(20)11-19(2)15(21)13-6-9-17-10-12(13)5-4-7-16/h6,9-10H,3,7-8,11,16H2,1-2H3,(H,18,20). The summed E-state index contributed by atoms with van der Waals surface area (Å²) in [5.74, 6) is 5.05. The zero-order valence-electron chi connectivity index (χ0n) is 12.3. The monoisotopic (exact) mass is 288 g/mol.